The highest BCUT2D eigenvalue weighted by Crippen LogP contribution is 2.52. The van der Waals surface area contributed by atoms with Gasteiger partial charge in [-0.2, -0.15) is 13.2 Å². The molecule has 0 aliphatic carbocycles. The lowest BCUT2D eigenvalue weighted by atomic mass is 9.74. The zero-order valence-corrected chi connectivity index (χ0v) is 60.1. The van der Waals surface area contributed by atoms with Crippen molar-refractivity contribution < 1.29 is 62.7 Å². The average molecular weight is 1540 g/mol. The summed E-state index contributed by atoms with van der Waals surface area (Å²) < 4.78 is 151. The van der Waals surface area contributed by atoms with Crippen molar-refractivity contribution in [1.29, 1.82) is 0 Å². The Labute approximate surface area is 631 Å². The Morgan fingerprint density at radius 1 is 0.389 bits per heavy atom. The van der Waals surface area contributed by atoms with Crippen LogP contribution in [-0.4, -0.2) is 126 Å². The quantitative estimate of drug-likeness (QED) is 0.0872. The van der Waals surface area contributed by atoms with E-state index in [1.165, 1.54) is 121 Å². The van der Waals surface area contributed by atoms with E-state index in [4.69, 9.17) is 34.8 Å². The second-order valence-electron chi connectivity index (χ2n) is 27.8. The summed E-state index contributed by atoms with van der Waals surface area (Å²) in [6, 6.07) is 32.5. The summed E-state index contributed by atoms with van der Waals surface area (Å²) in [5, 5.41) is 0.631. The van der Waals surface area contributed by atoms with Gasteiger partial charge in [0.2, 0.25) is 0 Å². The number of carbonyl (C=O) groups is 3. The molecule has 0 atom stereocenters. The fourth-order valence-electron chi connectivity index (χ4n) is 15.5. The minimum atomic E-state index is -4.51. The van der Waals surface area contributed by atoms with Gasteiger partial charge in [0.15, 0.2) is 0 Å². The molecule has 0 bridgehead atoms. The van der Waals surface area contributed by atoms with Gasteiger partial charge in [-0.1, -0.05) is 77.3 Å². The average Bonchev–Trinajstić information content (AvgIpc) is 1.60. The number of carbonyl (C=O) groups excluding carboxylic acids is 3. The van der Waals surface area contributed by atoms with Crippen molar-refractivity contribution in [2.24, 2.45) is 0 Å². The van der Waals surface area contributed by atoms with E-state index in [1.54, 1.807) is 70.5 Å². The lowest BCUT2D eigenvalue weighted by Gasteiger charge is -2.39. The molecule has 6 aliphatic heterocycles. The van der Waals surface area contributed by atoms with Crippen LogP contribution >= 0.6 is 34.8 Å². The molecular weight excluding hydrogens is 1470 g/mol. The third-order valence-corrected chi connectivity index (χ3v) is 21.7. The monoisotopic (exact) mass is 1540 g/mol. The van der Waals surface area contributed by atoms with Crippen molar-refractivity contribution in [2.75, 3.05) is 93.2 Å². The number of amides is 3. The Morgan fingerprint density at radius 2 is 0.713 bits per heavy atom. The molecule has 3 amide bonds. The number of halogens is 14. The summed E-state index contributed by atoms with van der Waals surface area (Å²) in [5.41, 5.74) is 4.07. The van der Waals surface area contributed by atoms with E-state index in [9.17, 15) is 62.7 Å². The molecule has 15 rings (SSSR count). The molecular formula is C82H69Cl3F11N9O3. The Balaban J connectivity index is 0.000000143. The van der Waals surface area contributed by atoms with Crippen LogP contribution in [0.4, 0.5) is 65.4 Å². The van der Waals surface area contributed by atoms with Gasteiger partial charge in [0.25, 0.3) is 17.7 Å². The number of pyridine rings is 3. The number of aromatic nitrogens is 3. The maximum absolute atomic E-state index is 14.3. The fraction of sp³-hybridized carbons (Fsp3) is 0.268. The standard InChI is InChI=1S/C28H23ClF5N3O.2C27H23ClF3N3O/c29-25-14-19(5-8-35-25)26(38)37-17-27(23-15-20(28(32,33)34)3-4-24(23)37)6-10-36(11-7-27)9-1-2-18-12-21(30)16-22(31)13-18;28-25-15-18(8-11-32-25)26(35)34-17-27(21-16-19(29)6-7-24(21)34)9-13-33(14-10-27)12-2-3-20-22(30)4-1-5-23(20)31;28-25-14-19(5-8-32-25)26(35)34-17-27(23-16-20(29)3-4-24(23)34)6-10-33(11-7-27)9-1-2-18-12-21(30)15-22(31)13-18/h1-5,8,12-16H,6-7,9-11,17H2;1-8,11,15-16H,9-10,12-14,17H2;1-5,8,12-16H,6-7,9-11,17H2/b2-1+;3-2+;2-1+. The van der Waals surface area contributed by atoms with Gasteiger partial charge >= 0.3 is 6.18 Å². The molecule has 3 spiro atoms. The molecule has 6 aromatic carbocycles. The SMILES string of the molecule is O=C(c1ccnc(Cl)c1)N1CC2(CCN(C/C=C/c3c(F)cccc3F)CC2)c2cc(F)ccc21.O=C(c1ccnc(Cl)c1)N1CC2(CCN(C/C=C/c3cc(F)cc(F)c3)CC2)c2cc(C(F)(F)F)ccc21.O=C(c1ccnc(Cl)c1)N1CC2(CCN(C/C=C/c3cc(F)cc(F)c3)CC2)c2cc(F)ccc21. The summed E-state index contributed by atoms with van der Waals surface area (Å²) >= 11 is 17.9. The van der Waals surface area contributed by atoms with Gasteiger partial charge in [0, 0.05) is 126 Å². The van der Waals surface area contributed by atoms with Crippen molar-refractivity contribution in [3.63, 3.8) is 0 Å². The van der Waals surface area contributed by atoms with Crippen LogP contribution in [0.15, 0.2) is 182 Å². The first kappa shape index (κ1) is 76.6. The maximum Gasteiger partial charge on any atom is 0.416 e. The van der Waals surface area contributed by atoms with Crippen molar-refractivity contribution in [1.82, 2.24) is 29.7 Å². The molecule has 12 nitrogen and oxygen atoms in total. The summed E-state index contributed by atoms with van der Waals surface area (Å²) in [4.78, 5) is 63.4. The molecule has 9 heterocycles. The number of alkyl halides is 3. The van der Waals surface area contributed by atoms with Crippen LogP contribution in [-0.2, 0) is 22.4 Å². The number of hydrogen-bond donors (Lipinski definition) is 0. The molecule has 3 fully saturated rings. The smallest absolute Gasteiger partial charge is 0.307 e. The maximum atomic E-state index is 14.3. The number of anilines is 3. The van der Waals surface area contributed by atoms with Crippen LogP contribution in [0.5, 0.6) is 0 Å². The van der Waals surface area contributed by atoms with Gasteiger partial charge in [-0.3, -0.25) is 29.1 Å². The van der Waals surface area contributed by atoms with Crippen LogP contribution in [0.3, 0.4) is 0 Å². The van der Waals surface area contributed by atoms with Crippen molar-refractivity contribution in [3.8, 4) is 0 Å². The van der Waals surface area contributed by atoms with Crippen molar-refractivity contribution in [2.45, 2.75) is 60.9 Å². The van der Waals surface area contributed by atoms with E-state index >= 15 is 0 Å². The highest BCUT2D eigenvalue weighted by molar-refractivity contribution is 6.30. The molecule has 3 saturated heterocycles. The van der Waals surface area contributed by atoms with Gasteiger partial charge in [-0.05, 0) is 233 Å². The summed E-state index contributed by atoms with van der Waals surface area (Å²) in [7, 11) is 0. The molecule has 3 aromatic heterocycles. The van der Waals surface area contributed by atoms with Crippen LogP contribution < -0.4 is 14.7 Å². The highest BCUT2D eigenvalue weighted by atomic mass is 35.5. The molecule has 9 aromatic rings. The molecule has 558 valence electrons. The van der Waals surface area contributed by atoms with Crippen molar-refractivity contribution >= 4 is 87.8 Å². The fourth-order valence-corrected chi connectivity index (χ4v) is 16.0. The van der Waals surface area contributed by atoms with E-state index in [0.717, 1.165) is 73.8 Å². The third-order valence-electron chi connectivity index (χ3n) is 21.1. The van der Waals surface area contributed by atoms with E-state index in [2.05, 4.69) is 29.7 Å². The first-order valence-corrected chi connectivity index (χ1v) is 36.0. The summed E-state index contributed by atoms with van der Waals surface area (Å²) in [6.45, 7) is 6.96. The lowest BCUT2D eigenvalue weighted by molar-refractivity contribution is -0.137. The van der Waals surface area contributed by atoms with Gasteiger partial charge < -0.3 is 14.7 Å². The lowest BCUT2D eigenvalue weighted by Crippen LogP contribution is -2.46. The summed E-state index contributed by atoms with van der Waals surface area (Å²) in [5.74, 6) is -5.10. The van der Waals surface area contributed by atoms with Gasteiger partial charge in [0.05, 0.1) is 5.56 Å². The second kappa shape index (κ2) is 32.3. The predicted molar refractivity (Wildman–Crippen MR) is 395 cm³/mol. The molecule has 0 unspecified atom stereocenters. The van der Waals surface area contributed by atoms with Crippen LogP contribution in [0.1, 0.15) is 109 Å². The van der Waals surface area contributed by atoms with Gasteiger partial charge in [-0.25, -0.2) is 50.1 Å². The molecule has 0 saturated carbocycles. The number of likely N-dealkylation sites (tertiary alicyclic amines) is 3. The van der Waals surface area contributed by atoms with Crippen LogP contribution in [0, 0.1) is 46.5 Å². The molecule has 0 radical (unpaired) electrons. The van der Waals surface area contributed by atoms with E-state index in [-0.39, 0.29) is 67.8 Å². The highest BCUT2D eigenvalue weighted by Gasteiger charge is 2.50. The Bertz CT molecular complexity index is 4920. The molecule has 108 heavy (non-hydrogen) atoms. The normalized spacial score (nSPS) is 17.3. The number of rotatable bonds is 12. The number of fused-ring (bicyclic) bond motifs is 6. The number of benzene rings is 6. The third kappa shape index (κ3) is 17.1. The van der Waals surface area contributed by atoms with Crippen LogP contribution in [0.2, 0.25) is 15.5 Å². The number of piperidine rings is 3. The Morgan fingerprint density at radius 3 is 1.05 bits per heavy atom. The topological polar surface area (TPSA) is 109 Å². The van der Waals surface area contributed by atoms with Crippen molar-refractivity contribution in [3.05, 3.63) is 300 Å². The van der Waals surface area contributed by atoms with Crippen LogP contribution in [0.25, 0.3) is 18.2 Å². The second-order valence-corrected chi connectivity index (χ2v) is 29.0. The Hall–Kier alpha value is -9.62. The van der Waals surface area contributed by atoms with E-state index in [0.29, 0.717) is 116 Å². The molecule has 6 aliphatic rings. The predicted octanol–water partition coefficient (Wildman–Crippen LogP) is 18.5. The minimum Gasteiger partial charge on any atom is -0.307 e. The molecule has 26 heteroatoms. The van der Waals surface area contributed by atoms with E-state index < -0.39 is 52.1 Å². The summed E-state index contributed by atoms with van der Waals surface area (Å²) in [6.07, 6.45) is 14.2. The molecule has 0 N–H and O–H groups in total. The first-order valence-electron chi connectivity index (χ1n) is 34.9. The Kier molecular flexibility index (Phi) is 22.9. The zero-order chi connectivity index (χ0) is 76.2. The van der Waals surface area contributed by atoms with Gasteiger partial charge in [-0.15, -0.1) is 0 Å². The van der Waals surface area contributed by atoms with E-state index in [1.807, 2.05) is 6.08 Å². The zero-order valence-electron chi connectivity index (χ0n) is 57.8. The van der Waals surface area contributed by atoms with Gasteiger partial charge in [0.1, 0.15) is 62.0 Å². The number of hydrogen-bond acceptors (Lipinski definition) is 9. The minimum absolute atomic E-state index is 0.0495. The largest absolute Gasteiger partial charge is 0.416 e. The first-order chi connectivity index (χ1) is 51.7. The number of nitrogens with zero attached hydrogens (tertiary/aromatic N) is 9.